The molecule has 3 aromatic rings. The number of benzene rings is 1. The third kappa shape index (κ3) is 4.70. The molecule has 1 fully saturated rings. The standard InChI is InChI=1S/C26H35N5O/c1-5-6-13-30-14-11-20(12-15-30)28-26(32)22-16-24(21-10-8-7-9-19(21)4)29-25-23(22)17-27-31(25)18(2)3/h7-10,16-18,20H,5-6,11-15H2,1-4H3,(H,28,32). The molecule has 0 unspecified atom stereocenters. The molecule has 170 valence electrons. The second-order valence-corrected chi connectivity index (χ2v) is 9.23. The van der Waals surface area contributed by atoms with Crippen LogP contribution in [0.15, 0.2) is 36.5 Å². The van der Waals surface area contributed by atoms with Gasteiger partial charge in [-0.15, -0.1) is 0 Å². The molecule has 4 rings (SSSR count). The van der Waals surface area contributed by atoms with E-state index in [9.17, 15) is 4.79 Å². The number of nitrogens with zero attached hydrogens (tertiary/aromatic N) is 4. The quantitative estimate of drug-likeness (QED) is 0.571. The van der Waals surface area contributed by atoms with Gasteiger partial charge in [0.25, 0.3) is 5.91 Å². The Balaban J connectivity index is 1.63. The third-order valence-electron chi connectivity index (χ3n) is 6.47. The third-order valence-corrected chi connectivity index (χ3v) is 6.47. The topological polar surface area (TPSA) is 63.1 Å². The first-order chi connectivity index (χ1) is 15.5. The van der Waals surface area contributed by atoms with E-state index in [1.165, 1.54) is 12.8 Å². The van der Waals surface area contributed by atoms with Crippen molar-refractivity contribution in [2.24, 2.45) is 0 Å². The van der Waals surface area contributed by atoms with E-state index in [0.29, 0.717) is 5.56 Å². The molecule has 1 aromatic carbocycles. The fourth-order valence-corrected chi connectivity index (χ4v) is 4.53. The van der Waals surface area contributed by atoms with Crippen LogP contribution in [0.5, 0.6) is 0 Å². The van der Waals surface area contributed by atoms with Crippen molar-refractivity contribution in [3.8, 4) is 11.3 Å². The molecule has 3 heterocycles. The summed E-state index contributed by atoms with van der Waals surface area (Å²) in [6.45, 7) is 11.7. The molecule has 0 atom stereocenters. The summed E-state index contributed by atoms with van der Waals surface area (Å²) in [4.78, 5) is 20.9. The summed E-state index contributed by atoms with van der Waals surface area (Å²) in [5.74, 6) is -0.0254. The first kappa shape index (κ1) is 22.5. The number of hydrogen-bond donors (Lipinski definition) is 1. The summed E-state index contributed by atoms with van der Waals surface area (Å²) in [6.07, 6.45) is 6.25. The largest absolute Gasteiger partial charge is 0.349 e. The number of rotatable bonds is 7. The van der Waals surface area contributed by atoms with Crippen molar-refractivity contribution in [1.29, 1.82) is 0 Å². The number of piperidine rings is 1. The van der Waals surface area contributed by atoms with Crippen LogP contribution in [0.25, 0.3) is 22.3 Å². The maximum absolute atomic E-state index is 13.4. The fourth-order valence-electron chi connectivity index (χ4n) is 4.53. The van der Waals surface area contributed by atoms with Gasteiger partial charge in [0, 0.05) is 30.7 Å². The van der Waals surface area contributed by atoms with Gasteiger partial charge in [-0.1, -0.05) is 37.6 Å². The highest BCUT2D eigenvalue weighted by Gasteiger charge is 2.24. The van der Waals surface area contributed by atoms with Crippen LogP contribution in [0.4, 0.5) is 0 Å². The van der Waals surface area contributed by atoms with Crippen LogP contribution in [0, 0.1) is 6.92 Å². The van der Waals surface area contributed by atoms with Crippen LogP contribution in [0.1, 0.15) is 68.4 Å². The number of likely N-dealkylation sites (tertiary alicyclic amines) is 1. The first-order valence-corrected chi connectivity index (χ1v) is 12.0. The summed E-state index contributed by atoms with van der Waals surface area (Å²) in [5, 5.41) is 8.67. The molecular formula is C26H35N5O. The van der Waals surface area contributed by atoms with Gasteiger partial charge in [0.1, 0.15) is 0 Å². The molecule has 0 spiro atoms. The highest BCUT2D eigenvalue weighted by Crippen LogP contribution is 2.28. The van der Waals surface area contributed by atoms with E-state index in [4.69, 9.17) is 4.98 Å². The molecule has 1 saturated heterocycles. The van der Waals surface area contributed by atoms with Crippen molar-refractivity contribution in [2.75, 3.05) is 19.6 Å². The predicted molar refractivity (Wildman–Crippen MR) is 130 cm³/mol. The summed E-state index contributed by atoms with van der Waals surface area (Å²) < 4.78 is 1.90. The lowest BCUT2D eigenvalue weighted by Crippen LogP contribution is -2.44. The number of aromatic nitrogens is 3. The Morgan fingerprint density at radius 1 is 1.22 bits per heavy atom. The van der Waals surface area contributed by atoms with Crippen LogP contribution >= 0.6 is 0 Å². The van der Waals surface area contributed by atoms with Crippen LogP contribution < -0.4 is 5.32 Å². The summed E-state index contributed by atoms with van der Waals surface area (Å²) >= 11 is 0. The zero-order valence-electron chi connectivity index (χ0n) is 19.8. The van der Waals surface area contributed by atoms with Crippen molar-refractivity contribution >= 4 is 16.9 Å². The lowest BCUT2D eigenvalue weighted by Gasteiger charge is -2.32. The Labute approximate surface area is 191 Å². The van der Waals surface area contributed by atoms with Crippen molar-refractivity contribution in [3.63, 3.8) is 0 Å². The maximum atomic E-state index is 13.4. The number of fused-ring (bicyclic) bond motifs is 1. The highest BCUT2D eigenvalue weighted by atomic mass is 16.1. The number of hydrogen-bond acceptors (Lipinski definition) is 4. The van der Waals surface area contributed by atoms with Crippen molar-refractivity contribution in [3.05, 3.63) is 47.7 Å². The van der Waals surface area contributed by atoms with E-state index in [1.807, 2.05) is 22.9 Å². The normalized spacial score (nSPS) is 15.5. The molecule has 2 aromatic heterocycles. The minimum atomic E-state index is -0.0254. The van der Waals surface area contributed by atoms with E-state index in [-0.39, 0.29) is 18.0 Å². The molecule has 0 saturated carbocycles. The smallest absolute Gasteiger partial charge is 0.252 e. The van der Waals surface area contributed by atoms with Gasteiger partial charge in [-0.25, -0.2) is 9.67 Å². The van der Waals surface area contributed by atoms with Gasteiger partial charge in [-0.2, -0.15) is 5.10 Å². The van der Waals surface area contributed by atoms with Crippen molar-refractivity contribution in [1.82, 2.24) is 25.0 Å². The monoisotopic (exact) mass is 433 g/mol. The number of carbonyl (C=O) groups is 1. The fraction of sp³-hybridized carbons (Fsp3) is 0.500. The second kappa shape index (κ2) is 9.82. The van der Waals surface area contributed by atoms with Gasteiger partial charge >= 0.3 is 0 Å². The van der Waals surface area contributed by atoms with Gasteiger partial charge in [0.2, 0.25) is 0 Å². The Kier molecular flexibility index (Phi) is 6.89. The molecule has 0 radical (unpaired) electrons. The second-order valence-electron chi connectivity index (χ2n) is 9.23. The van der Waals surface area contributed by atoms with Crippen LogP contribution in [-0.2, 0) is 0 Å². The van der Waals surface area contributed by atoms with E-state index >= 15 is 0 Å². The van der Waals surface area contributed by atoms with E-state index in [2.05, 4.69) is 55.1 Å². The van der Waals surface area contributed by atoms with Crippen molar-refractivity contribution in [2.45, 2.75) is 65.5 Å². The Hall–Kier alpha value is -2.73. The molecule has 0 aliphatic carbocycles. The number of nitrogens with one attached hydrogen (secondary N) is 1. The number of pyridine rings is 1. The van der Waals surface area contributed by atoms with Crippen LogP contribution in [-0.4, -0.2) is 51.2 Å². The van der Waals surface area contributed by atoms with Gasteiger partial charge in [0.05, 0.1) is 22.8 Å². The highest BCUT2D eigenvalue weighted by molar-refractivity contribution is 6.06. The lowest BCUT2D eigenvalue weighted by atomic mass is 10.0. The number of unbranched alkanes of at least 4 members (excludes halogenated alkanes) is 1. The van der Waals surface area contributed by atoms with Gasteiger partial charge in [0.15, 0.2) is 5.65 Å². The zero-order chi connectivity index (χ0) is 22.7. The van der Waals surface area contributed by atoms with E-state index in [0.717, 1.165) is 60.3 Å². The van der Waals surface area contributed by atoms with E-state index in [1.54, 1.807) is 6.20 Å². The maximum Gasteiger partial charge on any atom is 0.252 e. The molecule has 1 aliphatic heterocycles. The van der Waals surface area contributed by atoms with E-state index < -0.39 is 0 Å². The van der Waals surface area contributed by atoms with Gasteiger partial charge in [-0.05, 0) is 58.2 Å². The number of aryl methyl sites for hydroxylation is 1. The summed E-state index contributed by atoms with van der Waals surface area (Å²) in [7, 11) is 0. The zero-order valence-corrected chi connectivity index (χ0v) is 19.8. The summed E-state index contributed by atoms with van der Waals surface area (Å²) in [5.41, 5.74) is 4.43. The molecule has 1 amide bonds. The minimum absolute atomic E-state index is 0.0254. The average Bonchev–Trinajstić information content (AvgIpc) is 3.22. The Morgan fingerprint density at radius 3 is 2.66 bits per heavy atom. The molecular weight excluding hydrogens is 398 g/mol. The molecule has 1 N–H and O–H groups in total. The SMILES string of the molecule is CCCCN1CCC(NC(=O)c2cc(-c3ccccc3C)nc3c2cnn3C(C)C)CC1. The predicted octanol–water partition coefficient (Wildman–Crippen LogP) is 4.98. The Morgan fingerprint density at radius 2 is 1.97 bits per heavy atom. The molecule has 1 aliphatic rings. The van der Waals surface area contributed by atoms with Crippen LogP contribution in [0.2, 0.25) is 0 Å². The van der Waals surface area contributed by atoms with Crippen molar-refractivity contribution < 1.29 is 4.79 Å². The first-order valence-electron chi connectivity index (χ1n) is 12.0. The van der Waals surface area contributed by atoms with Crippen LogP contribution in [0.3, 0.4) is 0 Å². The average molecular weight is 434 g/mol. The molecule has 32 heavy (non-hydrogen) atoms. The molecule has 0 bridgehead atoms. The number of amides is 1. The minimum Gasteiger partial charge on any atom is -0.349 e. The summed E-state index contributed by atoms with van der Waals surface area (Å²) in [6, 6.07) is 10.5. The lowest BCUT2D eigenvalue weighted by molar-refractivity contribution is 0.0912. The number of carbonyl (C=O) groups excluding carboxylic acids is 1. The van der Waals surface area contributed by atoms with Gasteiger partial charge < -0.3 is 10.2 Å². The Bertz CT molecular complexity index is 1080. The van der Waals surface area contributed by atoms with Gasteiger partial charge in [-0.3, -0.25) is 4.79 Å². The molecule has 6 heteroatoms. The molecule has 6 nitrogen and oxygen atoms in total.